The molecule has 0 aliphatic carbocycles. The van der Waals surface area contributed by atoms with Gasteiger partial charge in [0.15, 0.2) is 0 Å². The molecule has 4 nitrogen and oxygen atoms in total. The fourth-order valence-electron chi connectivity index (χ4n) is 2.09. The summed E-state index contributed by atoms with van der Waals surface area (Å²) in [7, 11) is 0. The quantitative estimate of drug-likeness (QED) is 0.605. The van der Waals surface area contributed by atoms with E-state index in [1.165, 1.54) is 18.4 Å². The number of nitrogens with two attached hydrogens (primary N) is 1. The maximum Gasteiger partial charge on any atom is 0.142 e. The summed E-state index contributed by atoms with van der Waals surface area (Å²) in [6.07, 6.45) is 5.14. The average molecular weight is 283 g/mol. The van der Waals surface area contributed by atoms with Gasteiger partial charge in [0, 0.05) is 11.8 Å². The highest BCUT2D eigenvalue weighted by molar-refractivity contribution is 5.94. The highest BCUT2D eigenvalue weighted by atomic mass is 16.5. The Labute approximate surface area is 125 Å². The average Bonchev–Trinajstić information content (AvgIpc) is 2.52. The van der Waals surface area contributed by atoms with Gasteiger partial charge in [-0.1, -0.05) is 31.5 Å². The number of unbranched alkanes of at least 4 members (excludes halogenated alkanes) is 1. The second-order valence-electron chi connectivity index (χ2n) is 4.96. The van der Waals surface area contributed by atoms with Crippen LogP contribution in [0.3, 0.4) is 0 Å². The Morgan fingerprint density at radius 1 is 1.24 bits per heavy atom. The summed E-state index contributed by atoms with van der Waals surface area (Å²) in [5.41, 5.74) is 8.15. The molecule has 0 radical (unpaired) electrons. The molecule has 0 spiro atoms. The first-order valence-corrected chi connectivity index (χ1v) is 7.20. The van der Waals surface area contributed by atoms with Crippen molar-refractivity contribution in [3.63, 3.8) is 0 Å². The molecule has 0 saturated carbocycles. The normalized spacial score (nSPS) is 10.3. The summed E-state index contributed by atoms with van der Waals surface area (Å²) in [5, 5.41) is 7.51. The standard InChI is InChI=1S/C17H21N3O/c1-2-3-5-13-7-9-15(10-8-13)21-12-14-6-4-11-20-16(14)17(18)19/h4,6-11H,2-3,5,12H2,1H3,(H3,18,19). The number of aromatic nitrogens is 1. The third-order valence-electron chi connectivity index (χ3n) is 3.28. The second kappa shape index (κ2) is 7.43. The smallest absolute Gasteiger partial charge is 0.142 e. The van der Waals surface area contributed by atoms with Crippen molar-refractivity contribution in [3.05, 3.63) is 59.4 Å². The fraction of sp³-hybridized carbons (Fsp3) is 0.294. The van der Waals surface area contributed by atoms with E-state index < -0.39 is 0 Å². The van der Waals surface area contributed by atoms with Crippen molar-refractivity contribution in [1.82, 2.24) is 4.98 Å². The van der Waals surface area contributed by atoms with Gasteiger partial charge in [-0.2, -0.15) is 0 Å². The number of hydrogen-bond donors (Lipinski definition) is 2. The molecule has 2 rings (SSSR count). The van der Waals surface area contributed by atoms with Crippen LogP contribution in [0, 0.1) is 5.41 Å². The van der Waals surface area contributed by atoms with Crippen LogP contribution in [-0.2, 0) is 13.0 Å². The Kier molecular flexibility index (Phi) is 5.32. The van der Waals surface area contributed by atoms with Gasteiger partial charge >= 0.3 is 0 Å². The third kappa shape index (κ3) is 4.31. The molecule has 0 aliphatic rings. The highest BCUT2D eigenvalue weighted by Crippen LogP contribution is 2.16. The van der Waals surface area contributed by atoms with E-state index in [2.05, 4.69) is 24.0 Å². The van der Waals surface area contributed by atoms with Crippen molar-refractivity contribution in [3.8, 4) is 5.75 Å². The molecule has 3 N–H and O–H groups in total. The number of benzene rings is 1. The van der Waals surface area contributed by atoms with E-state index in [0.29, 0.717) is 12.3 Å². The first-order valence-electron chi connectivity index (χ1n) is 7.20. The van der Waals surface area contributed by atoms with Crippen LogP contribution in [-0.4, -0.2) is 10.8 Å². The molecule has 0 unspecified atom stereocenters. The number of ether oxygens (including phenoxy) is 1. The molecule has 21 heavy (non-hydrogen) atoms. The van der Waals surface area contributed by atoms with E-state index in [1.807, 2.05) is 24.3 Å². The lowest BCUT2D eigenvalue weighted by atomic mass is 10.1. The van der Waals surface area contributed by atoms with Crippen molar-refractivity contribution in [2.75, 3.05) is 0 Å². The zero-order valence-electron chi connectivity index (χ0n) is 12.3. The third-order valence-corrected chi connectivity index (χ3v) is 3.28. The van der Waals surface area contributed by atoms with E-state index in [4.69, 9.17) is 15.9 Å². The molecule has 1 aromatic heterocycles. The van der Waals surface area contributed by atoms with Gasteiger partial charge in [-0.05, 0) is 36.6 Å². The van der Waals surface area contributed by atoms with Gasteiger partial charge in [0.2, 0.25) is 0 Å². The Morgan fingerprint density at radius 2 is 2.00 bits per heavy atom. The molecule has 0 saturated heterocycles. The van der Waals surface area contributed by atoms with E-state index in [1.54, 1.807) is 6.20 Å². The van der Waals surface area contributed by atoms with Crippen LogP contribution in [0.15, 0.2) is 42.6 Å². The summed E-state index contributed by atoms with van der Waals surface area (Å²) in [6.45, 7) is 2.55. The molecule has 0 fully saturated rings. The van der Waals surface area contributed by atoms with Gasteiger partial charge in [0.25, 0.3) is 0 Å². The molecule has 4 heteroatoms. The summed E-state index contributed by atoms with van der Waals surface area (Å²) in [6, 6.07) is 11.8. The Balaban J connectivity index is 1.98. The van der Waals surface area contributed by atoms with E-state index in [9.17, 15) is 0 Å². The summed E-state index contributed by atoms with van der Waals surface area (Å²) in [5.74, 6) is 0.776. The van der Waals surface area contributed by atoms with Crippen LogP contribution >= 0.6 is 0 Å². The SMILES string of the molecule is CCCCc1ccc(OCc2cccnc2C(=N)N)cc1. The van der Waals surface area contributed by atoms with Gasteiger partial charge in [-0.25, -0.2) is 0 Å². The molecule has 2 aromatic rings. The number of hydrogen-bond acceptors (Lipinski definition) is 3. The molecule has 0 bridgehead atoms. The van der Waals surface area contributed by atoms with Gasteiger partial charge in [-0.3, -0.25) is 10.4 Å². The van der Waals surface area contributed by atoms with Crippen molar-refractivity contribution >= 4 is 5.84 Å². The molecule has 1 heterocycles. The van der Waals surface area contributed by atoms with Crippen LogP contribution in [0.2, 0.25) is 0 Å². The van der Waals surface area contributed by atoms with Crippen molar-refractivity contribution in [1.29, 1.82) is 5.41 Å². The monoisotopic (exact) mass is 283 g/mol. The number of pyridine rings is 1. The lowest BCUT2D eigenvalue weighted by Gasteiger charge is -2.10. The van der Waals surface area contributed by atoms with Crippen LogP contribution in [0.25, 0.3) is 0 Å². The van der Waals surface area contributed by atoms with Gasteiger partial charge < -0.3 is 10.5 Å². The molecule has 0 aliphatic heterocycles. The Bertz CT molecular complexity index is 593. The minimum absolute atomic E-state index is 0.0379. The lowest BCUT2D eigenvalue weighted by molar-refractivity contribution is 0.305. The molecular formula is C17H21N3O. The van der Waals surface area contributed by atoms with Crippen LogP contribution in [0.4, 0.5) is 0 Å². The maximum absolute atomic E-state index is 7.51. The molecule has 1 aromatic carbocycles. The van der Waals surface area contributed by atoms with E-state index in [-0.39, 0.29) is 5.84 Å². The van der Waals surface area contributed by atoms with Crippen molar-refractivity contribution in [2.24, 2.45) is 5.73 Å². The maximum atomic E-state index is 7.51. The first-order chi connectivity index (χ1) is 10.2. The minimum Gasteiger partial charge on any atom is -0.489 e. The number of nitrogens with one attached hydrogen (secondary N) is 1. The number of amidine groups is 1. The lowest BCUT2D eigenvalue weighted by Crippen LogP contribution is -2.16. The summed E-state index contributed by atoms with van der Waals surface area (Å²) >= 11 is 0. The van der Waals surface area contributed by atoms with Gasteiger partial charge in [-0.15, -0.1) is 0 Å². The van der Waals surface area contributed by atoms with Crippen LogP contribution < -0.4 is 10.5 Å². The van der Waals surface area contributed by atoms with Crippen molar-refractivity contribution in [2.45, 2.75) is 32.8 Å². The van der Waals surface area contributed by atoms with E-state index in [0.717, 1.165) is 17.7 Å². The second-order valence-corrected chi connectivity index (χ2v) is 4.96. The summed E-state index contributed by atoms with van der Waals surface area (Å²) < 4.78 is 5.75. The van der Waals surface area contributed by atoms with E-state index >= 15 is 0 Å². The van der Waals surface area contributed by atoms with Gasteiger partial charge in [0.1, 0.15) is 23.9 Å². The Hall–Kier alpha value is -2.36. The molecule has 110 valence electrons. The summed E-state index contributed by atoms with van der Waals surface area (Å²) in [4.78, 5) is 4.11. The highest BCUT2D eigenvalue weighted by Gasteiger charge is 2.06. The Morgan fingerprint density at radius 3 is 2.67 bits per heavy atom. The van der Waals surface area contributed by atoms with Gasteiger partial charge in [0.05, 0.1) is 0 Å². The molecule has 0 atom stereocenters. The predicted octanol–water partition coefficient (Wildman–Crippen LogP) is 3.29. The largest absolute Gasteiger partial charge is 0.489 e. The number of nitrogens with zero attached hydrogens (tertiary/aromatic N) is 1. The molecule has 0 amide bonds. The topological polar surface area (TPSA) is 72.0 Å². The number of rotatable bonds is 7. The zero-order chi connectivity index (χ0) is 15.1. The van der Waals surface area contributed by atoms with Crippen LogP contribution in [0.1, 0.15) is 36.6 Å². The number of aryl methyl sites for hydroxylation is 1. The molecular weight excluding hydrogens is 262 g/mol. The minimum atomic E-state index is -0.0379. The van der Waals surface area contributed by atoms with Crippen LogP contribution in [0.5, 0.6) is 5.75 Å². The first kappa shape index (κ1) is 15.0. The fourth-order valence-corrected chi connectivity index (χ4v) is 2.09. The zero-order valence-corrected chi connectivity index (χ0v) is 12.3. The number of nitrogen functional groups attached to an aromatic ring is 1. The predicted molar refractivity (Wildman–Crippen MR) is 84.6 cm³/mol. The van der Waals surface area contributed by atoms with Crippen molar-refractivity contribution < 1.29 is 4.74 Å².